The predicted octanol–water partition coefficient (Wildman–Crippen LogP) is 4.00. The van der Waals surface area contributed by atoms with Gasteiger partial charge in [0.05, 0.1) is 17.5 Å². The Kier molecular flexibility index (Phi) is 4.91. The number of hydrogen-bond donors (Lipinski definition) is 0. The summed E-state index contributed by atoms with van der Waals surface area (Å²) in [5, 5.41) is 4.42. The van der Waals surface area contributed by atoms with E-state index in [0.717, 1.165) is 16.9 Å². The molecule has 0 aliphatic carbocycles. The maximum absolute atomic E-state index is 12.9. The average Bonchev–Trinajstić information content (AvgIpc) is 3.18. The fourth-order valence-corrected chi connectivity index (χ4v) is 3.44. The van der Waals surface area contributed by atoms with Crippen LogP contribution in [0.25, 0.3) is 16.9 Å². The normalized spacial score (nSPS) is 10.8. The number of anilines is 1. The van der Waals surface area contributed by atoms with Gasteiger partial charge >= 0.3 is 0 Å². The van der Waals surface area contributed by atoms with E-state index >= 15 is 0 Å². The van der Waals surface area contributed by atoms with Crippen LogP contribution in [0.3, 0.4) is 0 Å². The molecule has 2 aromatic carbocycles. The van der Waals surface area contributed by atoms with Gasteiger partial charge in [-0.3, -0.25) is 9.59 Å². The summed E-state index contributed by atoms with van der Waals surface area (Å²) in [5.41, 5.74) is 4.04. The molecule has 2 heterocycles. The minimum atomic E-state index is -0.118. The zero-order chi connectivity index (χ0) is 20.4. The Morgan fingerprint density at radius 1 is 1.03 bits per heavy atom. The number of carbonyl (C=O) groups is 2. The molecule has 0 spiro atoms. The standard InChI is InChI=1S/C23H20N4O2/c1-3-26(16(2)28)19-11-7-10-18(14-19)21-12-13-24-23-20(15-25-27(21)23)22(29)17-8-5-4-6-9-17/h4-15H,3H2,1-2H3. The molecule has 1 amide bonds. The van der Waals surface area contributed by atoms with Crippen LogP contribution in [0.1, 0.15) is 29.8 Å². The number of rotatable bonds is 5. The first-order valence-corrected chi connectivity index (χ1v) is 9.41. The number of amides is 1. The molecule has 0 aliphatic heterocycles. The monoisotopic (exact) mass is 384 g/mol. The van der Waals surface area contributed by atoms with Gasteiger partial charge in [-0.25, -0.2) is 9.50 Å². The fraction of sp³-hybridized carbons (Fsp3) is 0.130. The van der Waals surface area contributed by atoms with Gasteiger partial charge < -0.3 is 4.90 Å². The molecule has 0 radical (unpaired) electrons. The van der Waals surface area contributed by atoms with E-state index in [0.29, 0.717) is 23.3 Å². The van der Waals surface area contributed by atoms with E-state index in [-0.39, 0.29) is 11.7 Å². The van der Waals surface area contributed by atoms with E-state index in [1.54, 1.807) is 40.9 Å². The molecule has 0 unspecified atom stereocenters. The molecular weight excluding hydrogens is 364 g/mol. The second kappa shape index (κ2) is 7.67. The van der Waals surface area contributed by atoms with Crippen LogP contribution in [0.2, 0.25) is 0 Å². The summed E-state index contributed by atoms with van der Waals surface area (Å²) in [6, 6.07) is 18.6. The van der Waals surface area contributed by atoms with Crippen molar-refractivity contribution in [2.24, 2.45) is 0 Å². The van der Waals surface area contributed by atoms with Crippen molar-refractivity contribution in [3.05, 3.63) is 84.2 Å². The van der Waals surface area contributed by atoms with E-state index < -0.39 is 0 Å². The van der Waals surface area contributed by atoms with Crippen LogP contribution in [0, 0.1) is 0 Å². The molecule has 6 heteroatoms. The van der Waals surface area contributed by atoms with Gasteiger partial charge in [0.25, 0.3) is 0 Å². The SMILES string of the molecule is CCN(C(C)=O)c1cccc(-c2ccnc3c(C(=O)c4ccccc4)cnn23)c1. The van der Waals surface area contributed by atoms with Gasteiger partial charge in [-0.2, -0.15) is 5.10 Å². The first-order valence-electron chi connectivity index (χ1n) is 9.41. The van der Waals surface area contributed by atoms with Crippen molar-refractivity contribution >= 4 is 23.0 Å². The van der Waals surface area contributed by atoms with Crippen LogP contribution < -0.4 is 4.90 Å². The summed E-state index contributed by atoms with van der Waals surface area (Å²) in [6.07, 6.45) is 3.22. The number of nitrogens with zero attached hydrogens (tertiary/aromatic N) is 4. The van der Waals surface area contributed by atoms with Crippen LogP contribution in [-0.2, 0) is 4.79 Å². The van der Waals surface area contributed by atoms with Gasteiger partial charge in [-0.1, -0.05) is 42.5 Å². The molecule has 144 valence electrons. The first-order chi connectivity index (χ1) is 14.1. The van der Waals surface area contributed by atoms with E-state index in [2.05, 4.69) is 10.1 Å². The molecular formula is C23H20N4O2. The van der Waals surface area contributed by atoms with Crippen molar-refractivity contribution in [3.8, 4) is 11.3 Å². The minimum Gasteiger partial charge on any atom is -0.313 e. The van der Waals surface area contributed by atoms with E-state index in [1.165, 1.54) is 0 Å². The number of aromatic nitrogens is 3. The maximum Gasteiger partial charge on any atom is 0.223 e. The summed E-state index contributed by atoms with van der Waals surface area (Å²) in [6.45, 7) is 4.07. The van der Waals surface area contributed by atoms with Gasteiger partial charge in [0.1, 0.15) is 0 Å². The average molecular weight is 384 g/mol. The number of fused-ring (bicyclic) bond motifs is 1. The number of benzene rings is 2. The Morgan fingerprint density at radius 3 is 2.55 bits per heavy atom. The van der Waals surface area contributed by atoms with E-state index in [9.17, 15) is 9.59 Å². The first kappa shape index (κ1) is 18.6. The van der Waals surface area contributed by atoms with Gasteiger partial charge in [0, 0.05) is 36.5 Å². The number of hydrogen-bond acceptors (Lipinski definition) is 4. The number of ketones is 1. The van der Waals surface area contributed by atoms with Crippen molar-refractivity contribution in [1.82, 2.24) is 14.6 Å². The van der Waals surface area contributed by atoms with Gasteiger partial charge in [-0.15, -0.1) is 0 Å². The van der Waals surface area contributed by atoms with Crippen LogP contribution in [0.5, 0.6) is 0 Å². The molecule has 0 atom stereocenters. The highest BCUT2D eigenvalue weighted by molar-refractivity contribution is 6.12. The van der Waals surface area contributed by atoms with Crippen molar-refractivity contribution in [2.45, 2.75) is 13.8 Å². The molecule has 29 heavy (non-hydrogen) atoms. The van der Waals surface area contributed by atoms with E-state index in [4.69, 9.17) is 0 Å². The van der Waals surface area contributed by atoms with Gasteiger partial charge in [0.15, 0.2) is 11.4 Å². The lowest BCUT2D eigenvalue weighted by Crippen LogP contribution is -2.27. The molecule has 2 aromatic heterocycles. The van der Waals surface area contributed by atoms with Gasteiger partial charge in [-0.05, 0) is 25.1 Å². The highest BCUT2D eigenvalue weighted by atomic mass is 16.2. The second-order valence-corrected chi connectivity index (χ2v) is 6.63. The summed E-state index contributed by atoms with van der Waals surface area (Å²) in [5.74, 6) is -0.132. The Bertz CT molecular complexity index is 1200. The highest BCUT2D eigenvalue weighted by Gasteiger charge is 2.18. The summed E-state index contributed by atoms with van der Waals surface area (Å²) < 4.78 is 1.67. The van der Waals surface area contributed by atoms with Crippen molar-refractivity contribution in [1.29, 1.82) is 0 Å². The van der Waals surface area contributed by atoms with Crippen LogP contribution in [0.4, 0.5) is 5.69 Å². The third kappa shape index (κ3) is 3.40. The largest absolute Gasteiger partial charge is 0.313 e. The lowest BCUT2D eigenvalue weighted by Gasteiger charge is -2.19. The fourth-order valence-electron chi connectivity index (χ4n) is 3.44. The lowest BCUT2D eigenvalue weighted by atomic mass is 10.1. The summed E-state index contributed by atoms with van der Waals surface area (Å²) in [7, 11) is 0. The Hall–Kier alpha value is -3.80. The van der Waals surface area contributed by atoms with Gasteiger partial charge in [0.2, 0.25) is 5.91 Å². The zero-order valence-corrected chi connectivity index (χ0v) is 16.2. The second-order valence-electron chi connectivity index (χ2n) is 6.63. The summed E-state index contributed by atoms with van der Waals surface area (Å²) in [4.78, 5) is 30.9. The topological polar surface area (TPSA) is 67.6 Å². The minimum absolute atomic E-state index is 0.0145. The quantitative estimate of drug-likeness (QED) is 0.488. The van der Waals surface area contributed by atoms with Crippen LogP contribution in [-0.4, -0.2) is 32.8 Å². The highest BCUT2D eigenvalue weighted by Crippen LogP contribution is 2.26. The lowest BCUT2D eigenvalue weighted by molar-refractivity contribution is -0.116. The van der Waals surface area contributed by atoms with Crippen LogP contribution in [0.15, 0.2) is 73.1 Å². The molecule has 4 rings (SSSR count). The molecule has 0 N–H and O–H groups in total. The molecule has 6 nitrogen and oxygen atoms in total. The molecule has 0 bridgehead atoms. The zero-order valence-electron chi connectivity index (χ0n) is 16.2. The molecule has 0 aliphatic rings. The van der Waals surface area contributed by atoms with Crippen LogP contribution >= 0.6 is 0 Å². The smallest absolute Gasteiger partial charge is 0.223 e. The third-order valence-electron chi connectivity index (χ3n) is 4.83. The third-order valence-corrected chi connectivity index (χ3v) is 4.83. The molecule has 4 aromatic rings. The van der Waals surface area contributed by atoms with Crippen molar-refractivity contribution in [2.75, 3.05) is 11.4 Å². The number of carbonyl (C=O) groups excluding carboxylic acids is 2. The molecule has 0 saturated heterocycles. The molecule has 0 fully saturated rings. The Labute approximate surface area is 168 Å². The Balaban J connectivity index is 1.80. The maximum atomic E-state index is 12.9. The molecule has 0 saturated carbocycles. The van der Waals surface area contributed by atoms with Crippen molar-refractivity contribution < 1.29 is 9.59 Å². The van der Waals surface area contributed by atoms with Crippen molar-refractivity contribution in [3.63, 3.8) is 0 Å². The summed E-state index contributed by atoms with van der Waals surface area (Å²) >= 11 is 0. The Morgan fingerprint density at radius 2 is 1.83 bits per heavy atom. The predicted molar refractivity (Wildman–Crippen MR) is 112 cm³/mol. The van der Waals surface area contributed by atoms with E-state index in [1.807, 2.05) is 55.5 Å².